The Hall–Kier alpha value is -3.22. The Kier molecular flexibility index (Phi) is 4.17. The highest BCUT2D eigenvalue weighted by molar-refractivity contribution is 5.95. The highest BCUT2D eigenvalue weighted by atomic mass is 16.4. The lowest BCUT2D eigenvalue weighted by Gasteiger charge is -2.09. The van der Waals surface area contributed by atoms with E-state index in [0.717, 1.165) is 6.07 Å². The summed E-state index contributed by atoms with van der Waals surface area (Å²) < 4.78 is 0. The molecular weight excluding hydrogens is 290 g/mol. The van der Waals surface area contributed by atoms with Gasteiger partial charge in [-0.3, -0.25) is 4.79 Å². The molecule has 114 valence electrons. The maximum Gasteiger partial charge on any atom is 0.335 e. The molecule has 0 aliphatic heterocycles. The number of carboxylic acids is 1. The predicted octanol–water partition coefficient (Wildman–Crippen LogP) is 1.68. The number of carboxylic acid groups (broad SMARTS) is 1. The third kappa shape index (κ3) is 3.26. The van der Waals surface area contributed by atoms with Crippen LogP contribution in [0.5, 0.6) is 17.2 Å². The maximum atomic E-state index is 11.9. The molecule has 22 heavy (non-hydrogen) atoms. The van der Waals surface area contributed by atoms with Crippen molar-refractivity contribution in [2.75, 3.05) is 5.32 Å². The van der Waals surface area contributed by atoms with Crippen LogP contribution < -0.4 is 5.32 Å². The molecule has 5 N–H and O–H groups in total. The molecule has 0 aliphatic rings. The van der Waals surface area contributed by atoms with E-state index in [1.807, 2.05) is 0 Å². The normalized spacial score (nSPS) is 10.2. The Morgan fingerprint density at radius 2 is 1.73 bits per heavy atom. The van der Waals surface area contributed by atoms with Gasteiger partial charge in [0.25, 0.3) is 0 Å². The molecule has 0 unspecified atom stereocenters. The number of phenols is 3. The van der Waals surface area contributed by atoms with E-state index in [0.29, 0.717) is 5.69 Å². The van der Waals surface area contributed by atoms with Crippen LogP contribution in [0.25, 0.3) is 0 Å². The lowest BCUT2D eigenvalue weighted by molar-refractivity contribution is -0.115. The molecule has 0 saturated carbocycles. The van der Waals surface area contributed by atoms with Crippen LogP contribution in [0, 0.1) is 0 Å². The summed E-state index contributed by atoms with van der Waals surface area (Å²) in [6.07, 6.45) is -0.253. The van der Waals surface area contributed by atoms with Gasteiger partial charge in [-0.05, 0) is 24.3 Å². The van der Waals surface area contributed by atoms with Crippen molar-refractivity contribution in [1.29, 1.82) is 0 Å². The van der Waals surface area contributed by atoms with Crippen molar-refractivity contribution in [3.63, 3.8) is 0 Å². The van der Waals surface area contributed by atoms with E-state index in [1.165, 1.54) is 30.3 Å². The van der Waals surface area contributed by atoms with Crippen LogP contribution in [0.3, 0.4) is 0 Å². The summed E-state index contributed by atoms with van der Waals surface area (Å²) in [5, 5.41) is 39.6. The SMILES string of the molecule is O=C(Cc1ccc(O)c(O)c1O)Nc1cccc(C(=O)O)c1. The summed E-state index contributed by atoms with van der Waals surface area (Å²) >= 11 is 0. The molecule has 1 amide bonds. The number of amides is 1. The molecule has 2 aromatic carbocycles. The maximum absolute atomic E-state index is 11.9. The molecule has 7 nitrogen and oxygen atoms in total. The number of carbonyl (C=O) groups is 2. The Morgan fingerprint density at radius 3 is 2.41 bits per heavy atom. The molecule has 0 fully saturated rings. The molecule has 7 heteroatoms. The topological polar surface area (TPSA) is 127 Å². The average Bonchev–Trinajstić information content (AvgIpc) is 2.48. The number of hydrogen-bond donors (Lipinski definition) is 5. The molecule has 0 atom stereocenters. The smallest absolute Gasteiger partial charge is 0.335 e. The monoisotopic (exact) mass is 303 g/mol. The minimum absolute atomic E-state index is 0.0305. The van der Waals surface area contributed by atoms with Crippen LogP contribution in [0.1, 0.15) is 15.9 Å². The van der Waals surface area contributed by atoms with Crippen LogP contribution >= 0.6 is 0 Å². The molecule has 0 spiro atoms. The molecule has 2 aromatic rings. The molecular formula is C15H13NO6. The standard InChI is InChI=1S/C15H13NO6/c17-11-5-4-8(13(19)14(11)20)7-12(18)16-10-3-1-2-9(6-10)15(21)22/h1-6,17,19-20H,7H2,(H,16,18)(H,21,22). The number of phenolic OH excluding ortho intramolecular Hbond substituents is 3. The van der Waals surface area contributed by atoms with Gasteiger partial charge in [-0.15, -0.1) is 0 Å². The minimum Gasteiger partial charge on any atom is -0.504 e. The number of aromatic carboxylic acids is 1. The fourth-order valence-electron chi connectivity index (χ4n) is 1.86. The lowest BCUT2D eigenvalue weighted by Crippen LogP contribution is -2.14. The summed E-state index contributed by atoms with van der Waals surface area (Å²) in [6.45, 7) is 0. The molecule has 0 heterocycles. The van der Waals surface area contributed by atoms with Crippen LogP contribution in [0.4, 0.5) is 5.69 Å². The molecule has 0 saturated heterocycles. The van der Waals surface area contributed by atoms with Gasteiger partial charge in [0.1, 0.15) is 0 Å². The van der Waals surface area contributed by atoms with E-state index in [1.54, 1.807) is 0 Å². The molecule has 0 bridgehead atoms. The Balaban J connectivity index is 2.12. The van der Waals surface area contributed by atoms with E-state index in [9.17, 15) is 24.9 Å². The molecule has 0 radical (unpaired) electrons. The number of carbonyl (C=O) groups excluding carboxylic acids is 1. The highest BCUT2D eigenvalue weighted by Gasteiger charge is 2.14. The van der Waals surface area contributed by atoms with Crippen molar-refractivity contribution in [1.82, 2.24) is 0 Å². The van der Waals surface area contributed by atoms with Gasteiger partial charge in [0, 0.05) is 11.3 Å². The predicted molar refractivity (Wildman–Crippen MR) is 77.2 cm³/mol. The Morgan fingerprint density at radius 1 is 1.00 bits per heavy atom. The summed E-state index contributed by atoms with van der Waals surface area (Å²) in [5.74, 6) is -3.39. The van der Waals surface area contributed by atoms with Gasteiger partial charge in [0.15, 0.2) is 11.5 Å². The quantitative estimate of drug-likeness (QED) is 0.547. The Bertz CT molecular complexity index is 741. The number of rotatable bonds is 4. The third-order valence-electron chi connectivity index (χ3n) is 2.96. The zero-order valence-corrected chi connectivity index (χ0v) is 11.3. The van der Waals surface area contributed by atoms with Gasteiger partial charge in [-0.2, -0.15) is 0 Å². The van der Waals surface area contributed by atoms with Crippen molar-refractivity contribution in [2.45, 2.75) is 6.42 Å². The average molecular weight is 303 g/mol. The summed E-state index contributed by atoms with van der Waals surface area (Å²) in [6, 6.07) is 8.16. The first-order valence-corrected chi connectivity index (χ1v) is 6.24. The zero-order valence-electron chi connectivity index (χ0n) is 11.3. The lowest BCUT2D eigenvalue weighted by atomic mass is 10.1. The van der Waals surface area contributed by atoms with Crippen LogP contribution in [0.2, 0.25) is 0 Å². The zero-order chi connectivity index (χ0) is 16.3. The Labute approximate surface area is 125 Å². The second-order valence-corrected chi connectivity index (χ2v) is 4.55. The fraction of sp³-hybridized carbons (Fsp3) is 0.0667. The van der Waals surface area contributed by atoms with Gasteiger partial charge >= 0.3 is 5.97 Å². The van der Waals surface area contributed by atoms with Crippen molar-refractivity contribution < 1.29 is 30.0 Å². The van der Waals surface area contributed by atoms with Gasteiger partial charge in [-0.1, -0.05) is 12.1 Å². The first kappa shape index (κ1) is 15.2. The van der Waals surface area contributed by atoms with Crippen molar-refractivity contribution in [2.24, 2.45) is 0 Å². The second kappa shape index (κ2) is 6.04. The highest BCUT2D eigenvalue weighted by Crippen LogP contribution is 2.37. The number of anilines is 1. The van der Waals surface area contributed by atoms with Gasteiger partial charge in [0.2, 0.25) is 11.7 Å². The first-order chi connectivity index (χ1) is 10.4. The largest absolute Gasteiger partial charge is 0.504 e. The van der Waals surface area contributed by atoms with Gasteiger partial charge < -0.3 is 25.7 Å². The summed E-state index contributed by atoms with van der Waals surface area (Å²) in [7, 11) is 0. The second-order valence-electron chi connectivity index (χ2n) is 4.55. The summed E-state index contributed by atoms with van der Waals surface area (Å²) in [4.78, 5) is 22.7. The van der Waals surface area contributed by atoms with Gasteiger partial charge in [0.05, 0.1) is 12.0 Å². The number of nitrogens with one attached hydrogen (secondary N) is 1. The molecule has 0 aromatic heterocycles. The van der Waals surface area contributed by atoms with Crippen LogP contribution in [-0.4, -0.2) is 32.3 Å². The minimum atomic E-state index is -1.11. The van der Waals surface area contributed by atoms with E-state index < -0.39 is 29.1 Å². The third-order valence-corrected chi connectivity index (χ3v) is 2.96. The van der Waals surface area contributed by atoms with Crippen molar-refractivity contribution in [3.8, 4) is 17.2 Å². The van der Waals surface area contributed by atoms with E-state index in [2.05, 4.69) is 5.32 Å². The van der Waals surface area contributed by atoms with E-state index >= 15 is 0 Å². The van der Waals surface area contributed by atoms with E-state index in [-0.39, 0.29) is 17.5 Å². The molecule has 2 rings (SSSR count). The first-order valence-electron chi connectivity index (χ1n) is 6.24. The van der Waals surface area contributed by atoms with E-state index in [4.69, 9.17) is 5.11 Å². The number of benzene rings is 2. The van der Waals surface area contributed by atoms with Crippen molar-refractivity contribution in [3.05, 3.63) is 47.5 Å². The van der Waals surface area contributed by atoms with Crippen LogP contribution in [-0.2, 0) is 11.2 Å². The van der Waals surface area contributed by atoms with Crippen molar-refractivity contribution >= 4 is 17.6 Å². The van der Waals surface area contributed by atoms with Gasteiger partial charge in [-0.25, -0.2) is 4.79 Å². The number of aromatic hydroxyl groups is 3. The fourth-order valence-corrected chi connectivity index (χ4v) is 1.86. The van der Waals surface area contributed by atoms with Crippen LogP contribution in [0.15, 0.2) is 36.4 Å². The molecule has 0 aliphatic carbocycles. The number of hydrogen-bond acceptors (Lipinski definition) is 5. The summed E-state index contributed by atoms with van der Waals surface area (Å²) in [5.41, 5.74) is 0.456.